The van der Waals surface area contributed by atoms with E-state index in [4.69, 9.17) is 12.6 Å². The predicted octanol–water partition coefficient (Wildman–Crippen LogP) is -0.262. The highest BCUT2D eigenvalue weighted by molar-refractivity contribution is 6.70. The maximum atomic E-state index is 11.4. The minimum Gasteiger partial charge on any atom is -0.433 e. The Bertz CT molecular complexity index is 487. The van der Waals surface area contributed by atoms with E-state index in [-0.39, 0.29) is 5.59 Å². The van der Waals surface area contributed by atoms with Crippen LogP contribution >= 0.6 is 0 Å². The van der Waals surface area contributed by atoms with Crippen molar-refractivity contribution in [3.63, 3.8) is 0 Å². The quantitative estimate of drug-likeness (QED) is 0.654. The van der Waals surface area contributed by atoms with Crippen molar-refractivity contribution in [1.29, 1.82) is 0 Å². The smallest absolute Gasteiger partial charge is 0.422 e. The second-order valence-electron chi connectivity index (χ2n) is 2.99. The number of rotatable bonds is 3. The average molecular weight is 210 g/mol. The summed E-state index contributed by atoms with van der Waals surface area (Å²) in [4.78, 5) is 11.4. The molecule has 75 valence electrons. The molecule has 3 radical (unpaired) electrons. The van der Waals surface area contributed by atoms with Gasteiger partial charge in [-0.2, -0.15) is 0 Å². The molecule has 0 aliphatic heterocycles. The number of hydrogen-bond acceptors (Lipinski definition) is 4. The number of aromatic nitrogens is 3. The first-order chi connectivity index (χ1) is 7.74. The molecule has 1 aromatic carbocycles. The Balaban J connectivity index is 1.95. The molecule has 7 heteroatoms. The van der Waals surface area contributed by atoms with Gasteiger partial charge in [0, 0.05) is 11.8 Å². The van der Waals surface area contributed by atoms with E-state index in [2.05, 4.69) is 10.3 Å². The number of nitrogens with zero attached hydrogens (tertiary/aromatic N) is 3. The standard InChI is InChI=1S/C9H6B2N3O2/c10-8-6-14(13-12-8)11-9(15)16-7-4-2-1-3-5-7/h1-6H. The molecule has 0 amide bonds. The second-order valence-corrected chi connectivity index (χ2v) is 2.99. The zero-order chi connectivity index (χ0) is 11.4. The Kier molecular flexibility index (Phi) is 3.05. The zero-order valence-electron chi connectivity index (χ0n) is 8.28. The van der Waals surface area contributed by atoms with E-state index in [0.717, 1.165) is 7.41 Å². The van der Waals surface area contributed by atoms with E-state index >= 15 is 0 Å². The molecule has 16 heavy (non-hydrogen) atoms. The molecule has 0 spiro atoms. The van der Waals surface area contributed by atoms with Crippen LogP contribution < -0.4 is 10.3 Å². The molecule has 0 saturated heterocycles. The molecule has 0 aliphatic rings. The molecule has 0 fully saturated rings. The van der Waals surface area contributed by atoms with Gasteiger partial charge in [0.25, 0.3) is 5.87 Å². The van der Waals surface area contributed by atoms with Crippen LogP contribution in [0.15, 0.2) is 36.5 Å². The van der Waals surface area contributed by atoms with Crippen LogP contribution in [0.4, 0.5) is 4.79 Å². The van der Waals surface area contributed by atoms with E-state index in [1.54, 1.807) is 24.3 Å². The summed E-state index contributed by atoms with van der Waals surface area (Å²) in [6.45, 7) is 0. The van der Waals surface area contributed by atoms with Crippen molar-refractivity contribution in [2.75, 3.05) is 0 Å². The van der Waals surface area contributed by atoms with E-state index < -0.39 is 5.87 Å². The Labute approximate surface area is 94.1 Å². The van der Waals surface area contributed by atoms with Crippen molar-refractivity contribution in [3.8, 4) is 5.75 Å². The van der Waals surface area contributed by atoms with Crippen LogP contribution in [-0.4, -0.2) is 36.0 Å². The number of carbonyl (C=O) groups excluding carboxylic acids is 1. The fourth-order valence-electron chi connectivity index (χ4n) is 1.09. The van der Waals surface area contributed by atoms with E-state index in [1.807, 2.05) is 6.07 Å². The molecular weight excluding hydrogens is 204 g/mol. The number of para-hydroxylation sites is 1. The third kappa shape index (κ3) is 2.73. The van der Waals surface area contributed by atoms with E-state index in [1.165, 1.54) is 10.8 Å². The summed E-state index contributed by atoms with van der Waals surface area (Å²) in [6.07, 6.45) is 1.41. The molecule has 1 aromatic heterocycles. The van der Waals surface area contributed by atoms with Gasteiger partial charge in [0.2, 0.25) is 0 Å². The van der Waals surface area contributed by atoms with Crippen molar-refractivity contribution in [3.05, 3.63) is 36.5 Å². The maximum Gasteiger partial charge on any atom is 0.422 e. The molecule has 0 aliphatic carbocycles. The summed E-state index contributed by atoms with van der Waals surface area (Å²) in [7, 11) is 6.49. The molecule has 2 aromatic rings. The summed E-state index contributed by atoms with van der Waals surface area (Å²) < 4.78 is 6.20. The predicted molar refractivity (Wildman–Crippen MR) is 59.0 cm³/mol. The number of carbonyl (C=O) groups is 1. The van der Waals surface area contributed by atoms with Crippen LogP contribution in [0.3, 0.4) is 0 Å². The summed E-state index contributed by atoms with van der Waals surface area (Å²) >= 11 is 0. The third-order valence-electron chi connectivity index (χ3n) is 1.73. The third-order valence-corrected chi connectivity index (χ3v) is 1.73. The fraction of sp³-hybridized carbons (Fsp3) is 0. The number of ether oxygens (including phenoxy) is 1. The Morgan fingerprint density at radius 2 is 2.12 bits per heavy atom. The highest BCUT2D eigenvalue weighted by Gasteiger charge is 2.10. The Hall–Kier alpha value is -2.04. The van der Waals surface area contributed by atoms with Crippen molar-refractivity contribution < 1.29 is 9.53 Å². The number of hydrogen-bond donors (Lipinski definition) is 0. The van der Waals surface area contributed by atoms with Crippen molar-refractivity contribution >= 4 is 26.7 Å². The minimum atomic E-state index is -0.545. The summed E-state index contributed by atoms with van der Waals surface area (Å²) in [5.41, 5.74) is 0.240. The molecule has 5 nitrogen and oxygen atoms in total. The molecule has 0 atom stereocenters. The van der Waals surface area contributed by atoms with Crippen LogP contribution in [0.25, 0.3) is 0 Å². The van der Waals surface area contributed by atoms with Crippen LogP contribution in [0, 0.1) is 0 Å². The van der Waals surface area contributed by atoms with Crippen LogP contribution in [0.5, 0.6) is 5.75 Å². The summed E-state index contributed by atoms with van der Waals surface area (Å²) in [6, 6.07) is 8.74. The minimum absolute atomic E-state index is 0.240. The van der Waals surface area contributed by atoms with Gasteiger partial charge in [-0.25, -0.2) is 0 Å². The fourth-order valence-corrected chi connectivity index (χ4v) is 1.09. The Morgan fingerprint density at radius 1 is 1.38 bits per heavy atom. The molecule has 0 N–H and O–H groups in total. The van der Waals surface area contributed by atoms with Crippen LogP contribution in [-0.2, 0) is 0 Å². The summed E-state index contributed by atoms with van der Waals surface area (Å²) in [5.74, 6) is -0.0760. The molecule has 1 heterocycles. The SMILES string of the molecule is [B]c1cn([B]C(=O)Oc2ccccc2)nn1. The van der Waals surface area contributed by atoms with Crippen molar-refractivity contribution in [2.24, 2.45) is 0 Å². The van der Waals surface area contributed by atoms with Gasteiger partial charge in [-0.1, -0.05) is 23.4 Å². The lowest BCUT2D eigenvalue weighted by molar-refractivity contribution is 0.224. The lowest BCUT2D eigenvalue weighted by Crippen LogP contribution is -2.22. The monoisotopic (exact) mass is 210 g/mol. The lowest BCUT2D eigenvalue weighted by Gasteiger charge is -2.01. The van der Waals surface area contributed by atoms with Crippen LogP contribution in [0.1, 0.15) is 0 Å². The van der Waals surface area contributed by atoms with Gasteiger partial charge in [-0.05, 0) is 12.1 Å². The van der Waals surface area contributed by atoms with E-state index in [0.29, 0.717) is 5.75 Å². The van der Waals surface area contributed by atoms with Gasteiger partial charge in [-0.3, -0.25) is 9.39 Å². The van der Waals surface area contributed by atoms with E-state index in [9.17, 15) is 4.79 Å². The van der Waals surface area contributed by atoms with Gasteiger partial charge < -0.3 is 4.74 Å². The topological polar surface area (TPSA) is 57.0 Å². The lowest BCUT2D eigenvalue weighted by atomic mass is 9.95. The number of benzene rings is 1. The van der Waals surface area contributed by atoms with Gasteiger partial charge in [0.1, 0.15) is 13.6 Å². The normalized spacial score (nSPS) is 9.75. The van der Waals surface area contributed by atoms with Gasteiger partial charge in [0.15, 0.2) is 0 Å². The van der Waals surface area contributed by atoms with Gasteiger partial charge >= 0.3 is 7.41 Å². The first-order valence-corrected chi connectivity index (χ1v) is 4.53. The average Bonchev–Trinajstić information content (AvgIpc) is 2.65. The van der Waals surface area contributed by atoms with Crippen molar-refractivity contribution in [1.82, 2.24) is 14.9 Å². The van der Waals surface area contributed by atoms with Crippen molar-refractivity contribution in [2.45, 2.75) is 0 Å². The summed E-state index contributed by atoms with van der Waals surface area (Å²) in [5, 5.41) is 7.11. The first kappa shape index (κ1) is 10.5. The molecular formula is C9H6B2N3O2. The van der Waals surface area contributed by atoms with Gasteiger partial charge in [-0.15, -0.1) is 5.10 Å². The molecule has 0 saturated carbocycles. The molecule has 0 bridgehead atoms. The molecule has 0 unspecified atom stereocenters. The second kappa shape index (κ2) is 4.65. The van der Waals surface area contributed by atoms with Crippen LogP contribution in [0.2, 0.25) is 0 Å². The highest BCUT2D eigenvalue weighted by atomic mass is 16.5. The zero-order valence-corrected chi connectivity index (χ0v) is 8.28. The molecule has 2 rings (SSSR count). The largest absolute Gasteiger partial charge is 0.433 e. The van der Waals surface area contributed by atoms with Gasteiger partial charge in [0.05, 0.1) is 0 Å². The highest BCUT2D eigenvalue weighted by Crippen LogP contribution is 2.08. The maximum absolute atomic E-state index is 11.4. The first-order valence-electron chi connectivity index (χ1n) is 4.53. The Morgan fingerprint density at radius 3 is 2.75 bits per heavy atom.